The summed E-state index contributed by atoms with van der Waals surface area (Å²) in [5.74, 6) is -2.67. The summed E-state index contributed by atoms with van der Waals surface area (Å²) in [6, 6.07) is 23.9. The average Bonchev–Trinajstić information content (AvgIpc) is 3.30. The number of ether oxygens (including phenoxy) is 2. The molecule has 6 rings (SSSR count). The second-order valence-electron chi connectivity index (χ2n) is 19.2. The van der Waals surface area contributed by atoms with Crippen LogP contribution in [0.2, 0.25) is 0 Å². The lowest BCUT2D eigenvalue weighted by Gasteiger charge is -2.30. The van der Waals surface area contributed by atoms with E-state index in [1.54, 1.807) is 0 Å². The molecule has 4 N–H and O–H groups in total. The van der Waals surface area contributed by atoms with Crippen molar-refractivity contribution in [3.8, 4) is 16.9 Å². The van der Waals surface area contributed by atoms with Crippen molar-refractivity contribution in [1.82, 2.24) is 5.32 Å². The van der Waals surface area contributed by atoms with E-state index in [1.807, 2.05) is 144 Å². The summed E-state index contributed by atoms with van der Waals surface area (Å²) in [6.45, 7) is 23.8. The van der Waals surface area contributed by atoms with Crippen molar-refractivity contribution in [2.24, 2.45) is 5.92 Å². The van der Waals surface area contributed by atoms with Crippen LogP contribution in [0.5, 0.6) is 5.75 Å². The van der Waals surface area contributed by atoms with E-state index < -0.39 is 41.3 Å². The van der Waals surface area contributed by atoms with E-state index in [1.165, 1.54) is 0 Å². The molecule has 0 radical (unpaired) electrons. The summed E-state index contributed by atoms with van der Waals surface area (Å²) >= 11 is 0. The fraction of sp³-hybridized carbons (Fsp3) is 0.389. The van der Waals surface area contributed by atoms with Gasteiger partial charge < -0.3 is 30.1 Å². The Balaban J connectivity index is 1.40. The molecule has 0 heterocycles. The molecular formula is C54H63NO8. The molecule has 9 heteroatoms. The molecule has 5 aromatic carbocycles. The number of nitrogens with one attached hydrogen (secondary N) is 1. The molecule has 0 saturated heterocycles. The Hall–Kier alpha value is -5.61. The van der Waals surface area contributed by atoms with E-state index in [-0.39, 0.29) is 18.0 Å². The number of carboxylic acids is 2. The number of fused-ring (bicyclic) bond motifs is 2. The minimum Gasteiger partial charge on any atom is -0.507 e. The van der Waals surface area contributed by atoms with Crippen LogP contribution in [0.1, 0.15) is 134 Å². The molecule has 3 atom stereocenters. The maximum atomic E-state index is 14.1. The first kappa shape index (κ1) is 46.9. The van der Waals surface area contributed by atoms with Crippen molar-refractivity contribution < 1.29 is 39.2 Å². The van der Waals surface area contributed by atoms with Gasteiger partial charge in [0.1, 0.15) is 5.75 Å². The molecule has 5 aromatic rings. The molecule has 0 bridgehead atoms. The van der Waals surface area contributed by atoms with Gasteiger partial charge in [-0.1, -0.05) is 74.5 Å². The van der Waals surface area contributed by atoms with Gasteiger partial charge in [0.05, 0.1) is 11.2 Å². The lowest BCUT2D eigenvalue weighted by Crippen LogP contribution is -2.37. The van der Waals surface area contributed by atoms with Crippen molar-refractivity contribution in [1.29, 1.82) is 0 Å². The molecule has 0 aromatic heterocycles. The predicted octanol–water partition coefficient (Wildman–Crippen LogP) is 11.5. The van der Waals surface area contributed by atoms with Gasteiger partial charge in [0.2, 0.25) is 0 Å². The largest absolute Gasteiger partial charge is 0.507 e. The third-order valence-electron chi connectivity index (χ3n) is 12.0. The fourth-order valence-electron chi connectivity index (χ4n) is 8.75. The highest BCUT2D eigenvalue weighted by molar-refractivity contribution is 6.06. The Bertz CT molecular complexity index is 2640. The monoisotopic (exact) mass is 853 g/mol. The van der Waals surface area contributed by atoms with E-state index >= 15 is 0 Å². The third kappa shape index (κ3) is 10.1. The first-order valence-corrected chi connectivity index (χ1v) is 21.9. The molecule has 0 amide bonds. The van der Waals surface area contributed by atoms with Crippen molar-refractivity contribution in [3.05, 3.63) is 140 Å². The van der Waals surface area contributed by atoms with Gasteiger partial charge in [0, 0.05) is 41.6 Å². The number of phenols is 1. The highest BCUT2D eigenvalue weighted by atomic mass is 16.5. The zero-order chi connectivity index (χ0) is 46.3. The number of Topliss-reactive ketones (excluding diaryl/α,β-unsaturated/α-hetero) is 1. The fourth-order valence-corrected chi connectivity index (χ4v) is 8.75. The SMILES string of the molecule is CCc1c(C(OC(C)(C)C)C(=O)O)c(-c2ccc(C)c(C)c2)c2ccc(CNCc3ccc4c(c3)C(=O)CC(C)C(C(OC(C)(C)C)C(=O)O)=C4c3ccc(C)c(C)c3)cc2c1O. The number of benzene rings is 5. The Morgan fingerprint density at radius 2 is 1.24 bits per heavy atom. The number of rotatable bonds is 13. The second-order valence-corrected chi connectivity index (χ2v) is 19.2. The van der Waals surface area contributed by atoms with Crippen LogP contribution in [0.4, 0.5) is 0 Å². The number of aliphatic carboxylic acids is 2. The molecule has 63 heavy (non-hydrogen) atoms. The zero-order valence-electron chi connectivity index (χ0n) is 38.9. The highest BCUT2D eigenvalue weighted by Gasteiger charge is 2.38. The maximum Gasteiger partial charge on any atom is 0.337 e. The molecule has 0 saturated carbocycles. The second kappa shape index (κ2) is 18.2. The Labute approximate surface area is 372 Å². The van der Waals surface area contributed by atoms with Crippen LogP contribution < -0.4 is 5.32 Å². The summed E-state index contributed by atoms with van der Waals surface area (Å²) in [5, 5.41) is 38.0. The predicted molar refractivity (Wildman–Crippen MR) is 250 cm³/mol. The molecule has 0 aliphatic heterocycles. The number of aryl methyl sites for hydroxylation is 4. The van der Waals surface area contributed by atoms with Gasteiger partial charge in [-0.25, -0.2) is 9.59 Å². The standard InChI is InChI=1S/C54H63NO8/c1-13-38-47(50(52(60)61)63-54(10,11)12)46(37-19-15-30(3)32(5)23-37)40-21-17-35(26-42(40)48(38)57)28-55-27-34-16-20-39-41(25-34)43(56)24-33(6)44(49(51(58)59)62-53(7,8)9)45(39)36-18-14-29(2)31(4)22-36/h14-23,25-26,33,49-50,55,57H,13,24,27-28H2,1-12H3,(H,58,59)(H,60,61). The zero-order valence-corrected chi connectivity index (χ0v) is 38.9. The number of aromatic hydroxyl groups is 1. The Kier molecular flexibility index (Phi) is 13.6. The van der Waals surface area contributed by atoms with E-state index in [2.05, 4.69) is 17.4 Å². The van der Waals surface area contributed by atoms with Crippen molar-refractivity contribution in [2.45, 2.75) is 132 Å². The summed E-state index contributed by atoms with van der Waals surface area (Å²) < 4.78 is 12.5. The number of ketones is 1. The van der Waals surface area contributed by atoms with Crippen molar-refractivity contribution >= 4 is 34.1 Å². The highest BCUT2D eigenvalue weighted by Crippen LogP contribution is 2.47. The lowest BCUT2D eigenvalue weighted by molar-refractivity contribution is -0.160. The molecule has 0 fully saturated rings. The van der Waals surface area contributed by atoms with Gasteiger partial charge in [-0.15, -0.1) is 0 Å². The van der Waals surface area contributed by atoms with Crippen LogP contribution >= 0.6 is 0 Å². The van der Waals surface area contributed by atoms with Crippen molar-refractivity contribution in [3.63, 3.8) is 0 Å². The smallest absolute Gasteiger partial charge is 0.337 e. The molecule has 1 aliphatic rings. The van der Waals surface area contributed by atoms with E-state index in [4.69, 9.17) is 9.47 Å². The number of phenolic OH excluding ortho intramolecular Hbond substituents is 1. The molecule has 0 spiro atoms. The Morgan fingerprint density at radius 1 is 0.698 bits per heavy atom. The summed E-state index contributed by atoms with van der Waals surface area (Å²) in [7, 11) is 0. The van der Waals surface area contributed by atoms with Gasteiger partial charge in [-0.3, -0.25) is 4.79 Å². The minimum atomic E-state index is -1.32. The first-order chi connectivity index (χ1) is 29.5. The van der Waals surface area contributed by atoms with Gasteiger partial charge in [0.15, 0.2) is 18.0 Å². The van der Waals surface area contributed by atoms with Crippen molar-refractivity contribution in [2.75, 3.05) is 0 Å². The lowest BCUT2D eigenvalue weighted by atomic mass is 9.83. The number of carbonyl (C=O) groups is 3. The van der Waals surface area contributed by atoms with E-state index in [0.29, 0.717) is 58.3 Å². The van der Waals surface area contributed by atoms with Gasteiger partial charge >= 0.3 is 11.9 Å². The number of carbonyl (C=O) groups excluding carboxylic acids is 1. The van der Waals surface area contributed by atoms with Gasteiger partial charge in [-0.2, -0.15) is 0 Å². The molecule has 332 valence electrons. The summed E-state index contributed by atoms with van der Waals surface area (Å²) in [6.07, 6.45) is -2.07. The molecule has 1 aliphatic carbocycles. The maximum absolute atomic E-state index is 14.1. The molecule has 9 nitrogen and oxygen atoms in total. The summed E-state index contributed by atoms with van der Waals surface area (Å²) in [5.41, 5.74) is 10.5. The number of carboxylic acid groups (broad SMARTS) is 2. The normalized spacial score (nSPS) is 15.6. The van der Waals surface area contributed by atoms with Gasteiger partial charge in [0.25, 0.3) is 0 Å². The quantitative estimate of drug-likeness (QED) is 0.0910. The Morgan fingerprint density at radius 3 is 1.79 bits per heavy atom. The first-order valence-electron chi connectivity index (χ1n) is 21.9. The molecule has 3 unspecified atom stereocenters. The van der Waals surface area contributed by atoms with Gasteiger partial charge in [-0.05, 0) is 166 Å². The molecular weight excluding hydrogens is 791 g/mol. The third-order valence-corrected chi connectivity index (χ3v) is 12.0. The van der Waals surface area contributed by atoms with Crippen LogP contribution in [0.15, 0.2) is 78.4 Å². The van der Waals surface area contributed by atoms with Crippen LogP contribution in [0.25, 0.3) is 27.5 Å². The van der Waals surface area contributed by atoms with E-state index in [0.717, 1.165) is 55.5 Å². The number of hydrogen-bond acceptors (Lipinski definition) is 7. The average molecular weight is 854 g/mol. The van der Waals surface area contributed by atoms with E-state index in [9.17, 15) is 29.7 Å². The van der Waals surface area contributed by atoms with Crippen LogP contribution in [0.3, 0.4) is 0 Å². The summed E-state index contributed by atoms with van der Waals surface area (Å²) in [4.78, 5) is 40.1. The topological polar surface area (TPSA) is 142 Å². The number of hydrogen-bond donors (Lipinski definition) is 4. The van der Waals surface area contributed by atoms with Crippen LogP contribution in [-0.2, 0) is 38.6 Å². The van der Waals surface area contributed by atoms with Crippen LogP contribution in [-0.4, -0.2) is 50.3 Å². The minimum absolute atomic E-state index is 0.0317. The van der Waals surface area contributed by atoms with Crippen LogP contribution in [0, 0.1) is 33.6 Å².